The van der Waals surface area contributed by atoms with Gasteiger partial charge in [-0.1, -0.05) is 39.7 Å². The maximum Gasteiger partial charge on any atom is 0.244 e. The SMILES string of the molecule is O=S(=O)(c1ccc(Br)cc1)N1CCN(S(=O)(=O)c2ccccc2Cl)CC1. The van der Waals surface area contributed by atoms with Gasteiger partial charge in [0, 0.05) is 30.7 Å². The molecule has 0 unspecified atom stereocenters. The maximum atomic E-state index is 12.7. The van der Waals surface area contributed by atoms with E-state index in [4.69, 9.17) is 11.6 Å². The topological polar surface area (TPSA) is 74.8 Å². The molecule has 0 atom stereocenters. The molecule has 2 aromatic rings. The lowest BCUT2D eigenvalue weighted by molar-refractivity contribution is 0.273. The van der Waals surface area contributed by atoms with Gasteiger partial charge in [-0.3, -0.25) is 0 Å². The Morgan fingerprint density at radius 3 is 1.81 bits per heavy atom. The van der Waals surface area contributed by atoms with Crippen LogP contribution in [-0.2, 0) is 20.0 Å². The van der Waals surface area contributed by atoms with Crippen molar-refractivity contribution in [3.63, 3.8) is 0 Å². The molecule has 0 spiro atoms. The van der Waals surface area contributed by atoms with Crippen LogP contribution >= 0.6 is 27.5 Å². The van der Waals surface area contributed by atoms with Crippen LogP contribution in [-0.4, -0.2) is 51.6 Å². The van der Waals surface area contributed by atoms with Gasteiger partial charge in [0.25, 0.3) is 0 Å². The third kappa shape index (κ3) is 3.83. The number of nitrogens with zero attached hydrogens (tertiary/aromatic N) is 2. The first-order valence-corrected chi connectivity index (χ1v) is 11.8. The van der Waals surface area contributed by atoms with Gasteiger partial charge in [-0.05, 0) is 36.4 Å². The Balaban J connectivity index is 1.77. The van der Waals surface area contributed by atoms with Crippen molar-refractivity contribution in [3.8, 4) is 0 Å². The molecule has 0 aliphatic carbocycles. The minimum absolute atomic E-state index is 0.0332. The summed E-state index contributed by atoms with van der Waals surface area (Å²) in [5.41, 5.74) is 0. The van der Waals surface area contributed by atoms with Crippen LogP contribution in [0.5, 0.6) is 0 Å². The third-order valence-corrected chi connectivity index (χ3v) is 8.94. The Hall–Kier alpha value is -0.970. The van der Waals surface area contributed by atoms with Gasteiger partial charge in [-0.15, -0.1) is 0 Å². The van der Waals surface area contributed by atoms with Crippen molar-refractivity contribution in [2.45, 2.75) is 9.79 Å². The summed E-state index contributed by atoms with van der Waals surface area (Å²) in [5, 5.41) is 0.150. The zero-order valence-corrected chi connectivity index (χ0v) is 17.5. The second-order valence-corrected chi connectivity index (χ2v) is 10.9. The van der Waals surface area contributed by atoms with Gasteiger partial charge in [0.05, 0.1) is 9.92 Å². The van der Waals surface area contributed by atoms with E-state index in [2.05, 4.69) is 15.9 Å². The van der Waals surface area contributed by atoms with Crippen molar-refractivity contribution in [2.24, 2.45) is 0 Å². The predicted molar refractivity (Wildman–Crippen MR) is 103 cm³/mol. The zero-order valence-electron chi connectivity index (χ0n) is 13.5. The Morgan fingerprint density at radius 1 is 0.769 bits per heavy atom. The lowest BCUT2D eigenvalue weighted by atomic mass is 10.4. The highest BCUT2D eigenvalue weighted by atomic mass is 79.9. The largest absolute Gasteiger partial charge is 0.244 e. The highest BCUT2D eigenvalue weighted by molar-refractivity contribution is 9.10. The average Bonchev–Trinajstić information content (AvgIpc) is 2.62. The first-order chi connectivity index (χ1) is 12.2. The van der Waals surface area contributed by atoms with Gasteiger partial charge in [0.15, 0.2) is 0 Å². The average molecular weight is 480 g/mol. The highest BCUT2D eigenvalue weighted by Crippen LogP contribution is 2.26. The van der Waals surface area contributed by atoms with Gasteiger partial charge in [-0.25, -0.2) is 16.8 Å². The van der Waals surface area contributed by atoms with Crippen LogP contribution in [0.2, 0.25) is 5.02 Å². The molecule has 1 fully saturated rings. The molecule has 0 amide bonds. The quantitative estimate of drug-likeness (QED) is 0.676. The smallest absolute Gasteiger partial charge is 0.207 e. The molecule has 26 heavy (non-hydrogen) atoms. The second kappa shape index (κ2) is 7.57. The van der Waals surface area contributed by atoms with E-state index in [1.807, 2.05) is 0 Å². The second-order valence-electron chi connectivity index (χ2n) is 5.69. The summed E-state index contributed by atoms with van der Waals surface area (Å²) in [6.07, 6.45) is 0. The van der Waals surface area contributed by atoms with E-state index in [1.165, 1.54) is 32.9 Å². The lowest BCUT2D eigenvalue weighted by Gasteiger charge is -2.33. The van der Waals surface area contributed by atoms with Crippen molar-refractivity contribution in [3.05, 3.63) is 58.0 Å². The standard InChI is InChI=1S/C16H16BrClN2O4S2/c17-13-5-7-14(8-6-13)25(21,22)19-9-11-20(12-10-19)26(23,24)16-4-2-1-3-15(16)18/h1-8H,9-12H2. The molecule has 2 aromatic carbocycles. The van der Waals surface area contributed by atoms with Crippen molar-refractivity contribution in [1.82, 2.24) is 8.61 Å². The molecular weight excluding hydrogens is 464 g/mol. The van der Waals surface area contributed by atoms with Gasteiger partial charge in [-0.2, -0.15) is 8.61 Å². The fourth-order valence-electron chi connectivity index (χ4n) is 2.70. The summed E-state index contributed by atoms with van der Waals surface area (Å²) in [7, 11) is -7.41. The molecule has 0 N–H and O–H groups in total. The summed E-state index contributed by atoms with van der Waals surface area (Å²) in [6.45, 7) is 0.316. The summed E-state index contributed by atoms with van der Waals surface area (Å²) < 4.78 is 54.2. The van der Waals surface area contributed by atoms with Gasteiger partial charge >= 0.3 is 0 Å². The zero-order chi connectivity index (χ0) is 18.9. The van der Waals surface area contributed by atoms with Gasteiger partial charge < -0.3 is 0 Å². The first-order valence-electron chi connectivity index (χ1n) is 7.73. The van der Waals surface area contributed by atoms with E-state index in [-0.39, 0.29) is 41.0 Å². The number of piperazine rings is 1. The van der Waals surface area contributed by atoms with E-state index in [0.717, 1.165) is 4.47 Å². The molecule has 1 aliphatic heterocycles. The molecule has 1 heterocycles. The maximum absolute atomic E-state index is 12.7. The Labute approximate surface area is 166 Å². The van der Waals surface area contributed by atoms with Crippen molar-refractivity contribution < 1.29 is 16.8 Å². The van der Waals surface area contributed by atoms with Crippen LogP contribution in [0.25, 0.3) is 0 Å². The Bertz CT molecular complexity index is 1000. The number of rotatable bonds is 4. The van der Waals surface area contributed by atoms with Crippen LogP contribution in [0.15, 0.2) is 62.8 Å². The van der Waals surface area contributed by atoms with E-state index >= 15 is 0 Å². The fourth-order valence-corrected chi connectivity index (χ4v) is 6.30. The summed E-state index contributed by atoms with van der Waals surface area (Å²) in [4.78, 5) is 0.217. The van der Waals surface area contributed by atoms with Gasteiger partial charge in [0.2, 0.25) is 20.0 Å². The molecule has 140 valence electrons. The summed E-state index contributed by atoms with van der Waals surface area (Å²) in [5.74, 6) is 0. The minimum atomic E-state index is -3.76. The van der Waals surface area contributed by atoms with E-state index in [0.29, 0.717) is 0 Å². The number of hydrogen-bond donors (Lipinski definition) is 0. The molecular formula is C16H16BrClN2O4S2. The van der Waals surface area contributed by atoms with Crippen LogP contribution in [0.4, 0.5) is 0 Å². The molecule has 0 aromatic heterocycles. The monoisotopic (exact) mass is 478 g/mol. The number of halogens is 2. The number of sulfonamides is 2. The van der Waals surface area contributed by atoms with Crippen LogP contribution in [0.1, 0.15) is 0 Å². The van der Waals surface area contributed by atoms with E-state index in [9.17, 15) is 16.8 Å². The van der Waals surface area contributed by atoms with Gasteiger partial charge in [0.1, 0.15) is 4.90 Å². The Kier molecular flexibility index (Phi) is 5.76. The number of hydrogen-bond acceptors (Lipinski definition) is 4. The molecule has 6 nitrogen and oxygen atoms in total. The highest BCUT2D eigenvalue weighted by Gasteiger charge is 2.34. The molecule has 10 heteroatoms. The summed E-state index contributed by atoms with van der Waals surface area (Å²) in [6, 6.07) is 12.6. The van der Waals surface area contributed by atoms with E-state index < -0.39 is 20.0 Å². The molecule has 0 radical (unpaired) electrons. The molecule has 3 rings (SSSR count). The molecule has 0 bridgehead atoms. The molecule has 1 saturated heterocycles. The first kappa shape index (κ1) is 19.8. The summed E-state index contributed by atoms with van der Waals surface area (Å²) >= 11 is 9.28. The normalized spacial score (nSPS) is 17.3. The third-order valence-electron chi connectivity index (χ3n) is 4.10. The van der Waals surface area contributed by atoms with Crippen LogP contribution < -0.4 is 0 Å². The fraction of sp³-hybridized carbons (Fsp3) is 0.250. The lowest BCUT2D eigenvalue weighted by Crippen LogP contribution is -2.50. The van der Waals surface area contributed by atoms with Crippen molar-refractivity contribution in [1.29, 1.82) is 0 Å². The number of benzene rings is 2. The minimum Gasteiger partial charge on any atom is -0.207 e. The van der Waals surface area contributed by atoms with E-state index in [1.54, 1.807) is 24.3 Å². The van der Waals surface area contributed by atoms with Crippen molar-refractivity contribution in [2.75, 3.05) is 26.2 Å². The molecule has 0 saturated carbocycles. The Morgan fingerprint density at radius 2 is 1.27 bits per heavy atom. The van der Waals surface area contributed by atoms with Crippen molar-refractivity contribution >= 4 is 47.6 Å². The van der Waals surface area contributed by atoms with Crippen LogP contribution in [0, 0.1) is 0 Å². The molecule has 1 aliphatic rings. The predicted octanol–water partition coefficient (Wildman–Crippen LogP) is 2.80. The van der Waals surface area contributed by atoms with Crippen LogP contribution in [0.3, 0.4) is 0 Å².